The fraction of sp³-hybridized carbons (Fsp3) is 0.400. The predicted octanol–water partition coefficient (Wildman–Crippen LogP) is 4.30. The maximum absolute atomic E-state index is 15.3. The van der Waals surface area contributed by atoms with Gasteiger partial charge < -0.3 is 20.4 Å². The molecule has 4 rings (SSSR count). The molecule has 3 N–H and O–H groups in total. The van der Waals surface area contributed by atoms with Crippen LogP contribution in [0.5, 0.6) is 0 Å². The Kier molecular flexibility index (Phi) is 5.61. The van der Waals surface area contributed by atoms with Crippen LogP contribution in [0.15, 0.2) is 30.3 Å². The van der Waals surface area contributed by atoms with Crippen LogP contribution in [0.4, 0.5) is 24.7 Å². The SMILES string of the molecule is Cc1nc(N[C@H](C)c2cccc(C(F)(F)C(C)(C)O)c2F)c2cc3c(cc2n1)N(C)C(=O)[C@@]3(C)O. The van der Waals surface area contributed by atoms with Crippen LogP contribution in [0.1, 0.15) is 56.3 Å². The summed E-state index contributed by atoms with van der Waals surface area (Å²) in [7, 11) is 1.56. The Hall–Kier alpha value is -3.24. The highest BCUT2D eigenvalue weighted by Crippen LogP contribution is 2.43. The minimum atomic E-state index is -3.82. The van der Waals surface area contributed by atoms with Gasteiger partial charge >= 0.3 is 5.92 Å². The lowest BCUT2D eigenvalue weighted by Crippen LogP contribution is -2.41. The summed E-state index contributed by atoms with van der Waals surface area (Å²) in [4.78, 5) is 22.7. The molecule has 186 valence electrons. The molecule has 35 heavy (non-hydrogen) atoms. The van der Waals surface area contributed by atoms with Crippen molar-refractivity contribution in [3.8, 4) is 0 Å². The van der Waals surface area contributed by atoms with E-state index in [-0.39, 0.29) is 5.56 Å². The number of carbonyl (C=O) groups is 1. The fourth-order valence-electron chi connectivity index (χ4n) is 4.35. The van der Waals surface area contributed by atoms with E-state index in [1.165, 1.54) is 24.0 Å². The summed E-state index contributed by atoms with van der Waals surface area (Å²) in [5.41, 5.74) is -3.78. The number of nitrogens with zero attached hydrogens (tertiary/aromatic N) is 3. The van der Waals surface area contributed by atoms with Gasteiger partial charge in [-0.2, -0.15) is 8.78 Å². The van der Waals surface area contributed by atoms with Crippen LogP contribution in [0.25, 0.3) is 10.9 Å². The molecule has 1 aliphatic heterocycles. The number of aryl methyl sites for hydroxylation is 1. The highest BCUT2D eigenvalue weighted by atomic mass is 19.3. The predicted molar refractivity (Wildman–Crippen MR) is 126 cm³/mol. The molecule has 0 bridgehead atoms. The summed E-state index contributed by atoms with van der Waals surface area (Å²) in [6, 6.07) is 6.11. The van der Waals surface area contributed by atoms with Gasteiger partial charge in [0.25, 0.3) is 5.91 Å². The van der Waals surface area contributed by atoms with Crippen LogP contribution in [-0.4, -0.2) is 38.7 Å². The first-order chi connectivity index (χ1) is 16.1. The first-order valence-corrected chi connectivity index (χ1v) is 11.1. The van der Waals surface area contributed by atoms with E-state index in [1.807, 2.05) is 0 Å². The number of fused-ring (bicyclic) bond motifs is 2. The third-order valence-corrected chi connectivity index (χ3v) is 6.49. The fourth-order valence-corrected chi connectivity index (χ4v) is 4.35. The molecular weight excluding hydrogens is 461 g/mol. The van der Waals surface area contributed by atoms with Gasteiger partial charge in [0, 0.05) is 23.6 Å². The van der Waals surface area contributed by atoms with Crippen molar-refractivity contribution in [3.05, 3.63) is 58.7 Å². The zero-order valence-corrected chi connectivity index (χ0v) is 20.2. The standard InChI is InChI=1S/C25H27F3N4O3/c1-12(14-8-7-9-16(20(14)26)25(27,28)23(3,4)34)29-21-15-10-17-19(11-18(15)30-13(2)31-21)32(6)22(33)24(17,5)35/h7-12,34-35H,1-6H3,(H,29,30,31)/t12-,24+/m1/s1. The zero-order chi connectivity index (χ0) is 26.1. The normalized spacial score (nSPS) is 19.3. The van der Waals surface area contributed by atoms with Crippen molar-refractivity contribution in [1.29, 1.82) is 0 Å². The quantitative estimate of drug-likeness (QED) is 0.496. The molecule has 0 radical (unpaired) electrons. The number of carbonyl (C=O) groups excluding carboxylic acids is 1. The molecule has 0 aliphatic carbocycles. The summed E-state index contributed by atoms with van der Waals surface area (Å²) in [5.74, 6) is -4.75. The summed E-state index contributed by atoms with van der Waals surface area (Å²) < 4.78 is 44.7. The van der Waals surface area contributed by atoms with Crippen molar-refractivity contribution in [3.63, 3.8) is 0 Å². The average Bonchev–Trinajstić information content (AvgIpc) is 2.91. The van der Waals surface area contributed by atoms with Gasteiger partial charge in [0.15, 0.2) is 5.60 Å². The van der Waals surface area contributed by atoms with Gasteiger partial charge in [-0.25, -0.2) is 14.4 Å². The molecule has 0 saturated heterocycles. The molecule has 0 spiro atoms. The van der Waals surface area contributed by atoms with E-state index in [1.54, 1.807) is 33.0 Å². The number of aliphatic hydroxyl groups is 2. The Bertz CT molecular complexity index is 1350. The van der Waals surface area contributed by atoms with Crippen LogP contribution < -0.4 is 10.2 Å². The number of hydrogen-bond acceptors (Lipinski definition) is 6. The number of nitrogens with one attached hydrogen (secondary N) is 1. The first-order valence-electron chi connectivity index (χ1n) is 11.1. The van der Waals surface area contributed by atoms with E-state index < -0.39 is 40.5 Å². The van der Waals surface area contributed by atoms with E-state index in [2.05, 4.69) is 15.3 Å². The van der Waals surface area contributed by atoms with Crippen molar-refractivity contribution in [2.75, 3.05) is 17.3 Å². The zero-order valence-electron chi connectivity index (χ0n) is 20.2. The van der Waals surface area contributed by atoms with Crippen molar-refractivity contribution in [2.24, 2.45) is 0 Å². The van der Waals surface area contributed by atoms with E-state index >= 15 is 4.39 Å². The van der Waals surface area contributed by atoms with Gasteiger partial charge in [-0.15, -0.1) is 0 Å². The van der Waals surface area contributed by atoms with Crippen LogP contribution in [0, 0.1) is 12.7 Å². The number of benzene rings is 2. The van der Waals surface area contributed by atoms with Gasteiger partial charge in [0.1, 0.15) is 23.1 Å². The number of amides is 1. The third-order valence-electron chi connectivity index (χ3n) is 6.49. The number of aromatic nitrogens is 2. The molecule has 1 aliphatic rings. The Balaban J connectivity index is 1.80. The van der Waals surface area contributed by atoms with Crippen LogP contribution in [0.3, 0.4) is 0 Å². The number of likely N-dealkylation sites (N-methyl/N-ethyl adjacent to an activating group) is 1. The lowest BCUT2D eigenvalue weighted by molar-refractivity contribution is -0.170. The van der Waals surface area contributed by atoms with E-state index in [4.69, 9.17) is 0 Å². The lowest BCUT2D eigenvalue weighted by atomic mass is 9.91. The Morgan fingerprint density at radius 3 is 2.49 bits per heavy atom. The van der Waals surface area contributed by atoms with Crippen LogP contribution in [-0.2, 0) is 16.3 Å². The molecule has 2 atom stereocenters. The molecule has 1 amide bonds. The maximum Gasteiger partial charge on any atom is 0.303 e. The lowest BCUT2D eigenvalue weighted by Gasteiger charge is -2.30. The van der Waals surface area contributed by atoms with Crippen molar-refractivity contribution in [2.45, 2.75) is 57.8 Å². The number of hydrogen-bond donors (Lipinski definition) is 3. The summed E-state index contributed by atoms with van der Waals surface area (Å²) in [6.07, 6.45) is 0. The second-order valence-corrected chi connectivity index (χ2v) is 9.65. The van der Waals surface area contributed by atoms with Gasteiger partial charge in [0.2, 0.25) is 0 Å². The Morgan fingerprint density at radius 1 is 1.20 bits per heavy atom. The molecule has 10 heteroatoms. The average molecular weight is 489 g/mol. The second kappa shape index (κ2) is 7.89. The molecule has 0 unspecified atom stereocenters. The largest absolute Gasteiger partial charge is 0.384 e. The van der Waals surface area contributed by atoms with Crippen LogP contribution in [0.2, 0.25) is 0 Å². The number of anilines is 2. The molecule has 1 aromatic heterocycles. The monoisotopic (exact) mass is 488 g/mol. The van der Waals surface area contributed by atoms with Gasteiger partial charge in [-0.1, -0.05) is 12.1 Å². The highest BCUT2D eigenvalue weighted by Gasteiger charge is 2.49. The smallest absolute Gasteiger partial charge is 0.303 e. The van der Waals surface area contributed by atoms with E-state index in [0.717, 1.165) is 19.9 Å². The molecule has 0 fully saturated rings. The molecule has 7 nitrogen and oxygen atoms in total. The molecule has 3 aromatic rings. The number of alkyl halides is 2. The molecule has 2 heterocycles. The summed E-state index contributed by atoms with van der Waals surface area (Å²) >= 11 is 0. The summed E-state index contributed by atoms with van der Waals surface area (Å²) in [6.45, 7) is 6.50. The number of rotatable bonds is 5. The highest BCUT2D eigenvalue weighted by molar-refractivity contribution is 6.09. The molecular formula is C25H27F3N4O3. The summed E-state index contributed by atoms with van der Waals surface area (Å²) in [5, 5.41) is 24.2. The van der Waals surface area contributed by atoms with Gasteiger partial charge in [0.05, 0.1) is 22.8 Å². The maximum atomic E-state index is 15.3. The topological polar surface area (TPSA) is 98.6 Å². The minimum absolute atomic E-state index is 0.0427. The Labute approximate surface area is 200 Å². The second-order valence-electron chi connectivity index (χ2n) is 9.65. The van der Waals surface area contributed by atoms with Crippen molar-refractivity contribution in [1.82, 2.24) is 9.97 Å². The third kappa shape index (κ3) is 3.81. The first kappa shape index (κ1) is 24.9. The van der Waals surface area contributed by atoms with Crippen molar-refractivity contribution >= 4 is 28.3 Å². The number of halogens is 3. The molecule has 2 aromatic carbocycles. The van der Waals surface area contributed by atoms with E-state index in [9.17, 15) is 23.8 Å². The van der Waals surface area contributed by atoms with Crippen molar-refractivity contribution < 1.29 is 28.2 Å². The van der Waals surface area contributed by atoms with Gasteiger partial charge in [-0.05, 0) is 52.8 Å². The van der Waals surface area contributed by atoms with E-state index in [0.29, 0.717) is 33.8 Å². The van der Waals surface area contributed by atoms with Crippen LogP contribution >= 0.6 is 0 Å². The van der Waals surface area contributed by atoms with Gasteiger partial charge in [-0.3, -0.25) is 4.79 Å². The molecule has 0 saturated carbocycles. The minimum Gasteiger partial charge on any atom is -0.384 e. The Morgan fingerprint density at radius 2 is 1.86 bits per heavy atom.